The van der Waals surface area contributed by atoms with E-state index in [-0.39, 0.29) is 22.8 Å². The van der Waals surface area contributed by atoms with Gasteiger partial charge in [0.15, 0.2) is 0 Å². The number of anilines is 1. The molecule has 0 radical (unpaired) electrons. The number of aromatic nitrogens is 1. The van der Waals surface area contributed by atoms with Gasteiger partial charge in [0.1, 0.15) is 18.3 Å². The average molecular weight is 585 g/mol. The van der Waals surface area contributed by atoms with Crippen LogP contribution in [0.4, 0.5) is 5.69 Å². The SMILES string of the molecule is N#CC12CC(NC(=O)[C@H](CC3CCCC3)NC(=O)c3ccc(CN4CCOc5ncc(Br)cc54)s3)(C1)C2. The molecule has 5 aliphatic rings. The summed E-state index contributed by atoms with van der Waals surface area (Å²) in [6.45, 7) is 1.96. The molecule has 4 fully saturated rings. The molecule has 2 aromatic heterocycles. The second-order valence-electron chi connectivity index (χ2n) is 11.1. The summed E-state index contributed by atoms with van der Waals surface area (Å²) in [5, 5.41) is 15.6. The van der Waals surface area contributed by atoms with Crippen molar-refractivity contribution in [1.29, 1.82) is 5.26 Å². The molecule has 2 N–H and O–H groups in total. The Kier molecular flexibility index (Phi) is 6.40. The number of carbonyl (C=O) groups is 2. The molecule has 194 valence electrons. The van der Waals surface area contributed by atoms with E-state index in [1.807, 2.05) is 18.2 Å². The number of nitrogens with one attached hydrogen (secondary N) is 2. The molecule has 4 aliphatic carbocycles. The quantitative estimate of drug-likeness (QED) is 0.472. The number of fused-ring (bicyclic) bond motifs is 1. The van der Waals surface area contributed by atoms with E-state index in [0.29, 0.717) is 36.2 Å². The molecule has 2 bridgehead atoms. The summed E-state index contributed by atoms with van der Waals surface area (Å²) in [5.41, 5.74) is 0.470. The van der Waals surface area contributed by atoms with Crippen LogP contribution in [0.5, 0.6) is 5.88 Å². The highest BCUT2D eigenvalue weighted by Crippen LogP contribution is 2.66. The summed E-state index contributed by atoms with van der Waals surface area (Å²) in [6, 6.07) is 7.66. The first kappa shape index (κ1) is 24.7. The molecule has 1 atom stereocenters. The summed E-state index contributed by atoms with van der Waals surface area (Å²) >= 11 is 4.94. The van der Waals surface area contributed by atoms with Crippen molar-refractivity contribution in [2.75, 3.05) is 18.1 Å². The van der Waals surface area contributed by atoms with Crippen molar-refractivity contribution in [3.8, 4) is 11.9 Å². The van der Waals surface area contributed by atoms with E-state index < -0.39 is 6.04 Å². The average Bonchev–Trinajstić information content (AvgIpc) is 3.52. The molecule has 10 heteroatoms. The maximum atomic E-state index is 13.3. The second kappa shape index (κ2) is 9.59. The summed E-state index contributed by atoms with van der Waals surface area (Å²) in [5.74, 6) is 0.774. The number of nitriles is 1. The maximum absolute atomic E-state index is 13.3. The predicted octanol–water partition coefficient (Wildman–Crippen LogP) is 4.55. The van der Waals surface area contributed by atoms with Gasteiger partial charge in [0.25, 0.3) is 5.91 Å². The zero-order chi connectivity index (χ0) is 25.6. The lowest BCUT2D eigenvalue weighted by atomic mass is 9.40. The fourth-order valence-electron chi connectivity index (χ4n) is 6.49. The van der Waals surface area contributed by atoms with Crippen LogP contribution in [0.1, 0.15) is 65.9 Å². The number of hydrogen-bond donors (Lipinski definition) is 2. The Morgan fingerprint density at radius 1 is 1.30 bits per heavy atom. The van der Waals surface area contributed by atoms with Crippen LogP contribution in [-0.2, 0) is 11.3 Å². The molecule has 2 amide bonds. The number of halogens is 1. The van der Waals surface area contributed by atoms with Crippen molar-refractivity contribution in [1.82, 2.24) is 15.6 Å². The number of carbonyl (C=O) groups excluding carboxylic acids is 2. The topological polar surface area (TPSA) is 107 Å². The van der Waals surface area contributed by atoms with E-state index in [2.05, 4.69) is 42.5 Å². The standard InChI is InChI=1S/C27H30BrN5O3S/c28-18-10-21-25(30-11-18)36-8-7-33(21)12-19-5-6-22(37-19)24(35)31-20(9-17-3-1-2-4-17)23(34)32-27-13-26(14-27,15-27)16-29/h5-6,10-11,17,20H,1-4,7-9,12-15H2,(H,31,35)(H,32,34)/t20-,26?,27?/m0/s1. The first-order chi connectivity index (χ1) is 17.9. The molecule has 1 aliphatic heterocycles. The van der Waals surface area contributed by atoms with E-state index in [4.69, 9.17) is 4.74 Å². The van der Waals surface area contributed by atoms with Gasteiger partial charge < -0.3 is 20.3 Å². The number of ether oxygens (including phenoxy) is 1. The van der Waals surface area contributed by atoms with Crippen LogP contribution < -0.4 is 20.3 Å². The van der Waals surface area contributed by atoms with Gasteiger partial charge in [0, 0.05) is 21.1 Å². The Labute approximate surface area is 228 Å². The molecule has 7 rings (SSSR count). The van der Waals surface area contributed by atoms with Gasteiger partial charge in [0.05, 0.1) is 29.5 Å². The second-order valence-corrected chi connectivity index (χ2v) is 13.2. The third-order valence-electron chi connectivity index (χ3n) is 8.29. The van der Waals surface area contributed by atoms with Crippen molar-refractivity contribution >= 4 is 44.8 Å². The van der Waals surface area contributed by atoms with Gasteiger partial charge in [0.2, 0.25) is 11.8 Å². The number of amides is 2. The smallest absolute Gasteiger partial charge is 0.262 e. The fourth-order valence-corrected chi connectivity index (χ4v) is 7.74. The highest BCUT2D eigenvalue weighted by Gasteiger charge is 2.69. The Balaban J connectivity index is 1.11. The molecule has 37 heavy (non-hydrogen) atoms. The lowest BCUT2D eigenvalue weighted by Gasteiger charge is -2.67. The van der Waals surface area contributed by atoms with Crippen LogP contribution in [0.3, 0.4) is 0 Å². The van der Waals surface area contributed by atoms with Gasteiger partial charge in [-0.15, -0.1) is 11.3 Å². The minimum absolute atomic E-state index is 0.105. The molecule has 0 spiro atoms. The Morgan fingerprint density at radius 2 is 2.08 bits per heavy atom. The van der Waals surface area contributed by atoms with Gasteiger partial charge in [-0.05, 0) is 65.7 Å². The third kappa shape index (κ3) is 4.84. The summed E-state index contributed by atoms with van der Waals surface area (Å²) in [4.78, 5) is 34.8. The summed E-state index contributed by atoms with van der Waals surface area (Å²) < 4.78 is 6.57. The van der Waals surface area contributed by atoms with Gasteiger partial charge in [-0.25, -0.2) is 4.98 Å². The van der Waals surface area contributed by atoms with Crippen LogP contribution in [0.15, 0.2) is 28.9 Å². The normalized spacial score (nSPS) is 26.6. The largest absolute Gasteiger partial charge is 0.474 e. The predicted molar refractivity (Wildman–Crippen MR) is 143 cm³/mol. The summed E-state index contributed by atoms with van der Waals surface area (Å²) in [6.07, 6.45) is 9.19. The molecule has 8 nitrogen and oxygen atoms in total. The fraction of sp³-hybridized carbons (Fsp3) is 0.556. The lowest BCUT2D eigenvalue weighted by molar-refractivity contribution is -0.146. The van der Waals surface area contributed by atoms with Gasteiger partial charge >= 0.3 is 0 Å². The molecular weight excluding hydrogens is 554 g/mol. The van der Waals surface area contributed by atoms with E-state index in [0.717, 1.165) is 53.7 Å². The van der Waals surface area contributed by atoms with E-state index >= 15 is 0 Å². The van der Waals surface area contributed by atoms with Crippen LogP contribution in [-0.4, -0.2) is 41.5 Å². The van der Waals surface area contributed by atoms with E-state index in [1.165, 1.54) is 24.2 Å². The third-order valence-corrected chi connectivity index (χ3v) is 9.80. The Morgan fingerprint density at radius 3 is 2.84 bits per heavy atom. The number of nitrogens with zero attached hydrogens (tertiary/aromatic N) is 3. The molecule has 0 unspecified atom stereocenters. The minimum atomic E-state index is -0.553. The number of thiophene rings is 1. The molecule has 2 aromatic rings. The maximum Gasteiger partial charge on any atom is 0.262 e. The van der Waals surface area contributed by atoms with Gasteiger partial charge in [-0.1, -0.05) is 25.7 Å². The highest BCUT2D eigenvalue weighted by atomic mass is 79.9. The van der Waals surface area contributed by atoms with Crippen molar-refractivity contribution in [2.45, 2.75) is 69.5 Å². The monoisotopic (exact) mass is 583 g/mol. The minimum Gasteiger partial charge on any atom is -0.474 e. The van der Waals surface area contributed by atoms with Crippen LogP contribution in [0.2, 0.25) is 0 Å². The summed E-state index contributed by atoms with van der Waals surface area (Å²) in [7, 11) is 0. The van der Waals surface area contributed by atoms with Crippen LogP contribution in [0, 0.1) is 22.7 Å². The first-order valence-corrected chi connectivity index (χ1v) is 14.6. The molecule has 4 saturated carbocycles. The molecule has 3 heterocycles. The molecule has 0 aromatic carbocycles. The highest BCUT2D eigenvalue weighted by molar-refractivity contribution is 9.10. The zero-order valence-electron chi connectivity index (χ0n) is 20.6. The van der Waals surface area contributed by atoms with E-state index in [1.54, 1.807) is 6.20 Å². The van der Waals surface area contributed by atoms with Gasteiger partial charge in [-0.3, -0.25) is 9.59 Å². The Bertz CT molecular complexity index is 1250. The van der Waals surface area contributed by atoms with Crippen molar-refractivity contribution in [3.05, 3.63) is 38.6 Å². The number of rotatable bonds is 8. The van der Waals surface area contributed by atoms with Crippen molar-refractivity contribution in [2.24, 2.45) is 11.3 Å². The number of pyridine rings is 1. The van der Waals surface area contributed by atoms with Crippen molar-refractivity contribution < 1.29 is 14.3 Å². The Hall–Kier alpha value is -2.64. The molecular formula is C27H30BrN5O3S. The lowest BCUT2D eigenvalue weighted by Crippen LogP contribution is -2.75. The molecule has 0 saturated heterocycles. The first-order valence-electron chi connectivity index (χ1n) is 13.0. The van der Waals surface area contributed by atoms with Gasteiger partial charge in [-0.2, -0.15) is 5.26 Å². The van der Waals surface area contributed by atoms with Crippen LogP contribution in [0.25, 0.3) is 0 Å². The number of hydrogen-bond acceptors (Lipinski definition) is 7. The van der Waals surface area contributed by atoms with Crippen LogP contribution >= 0.6 is 27.3 Å². The zero-order valence-corrected chi connectivity index (χ0v) is 23.0. The van der Waals surface area contributed by atoms with E-state index in [9.17, 15) is 14.9 Å². The van der Waals surface area contributed by atoms with Crippen molar-refractivity contribution in [3.63, 3.8) is 0 Å².